The smallest absolute Gasteiger partial charge is 0.278 e. The standard InChI is InChI=1S/C22H31N5O3/c1-30-14-13-26(15-17-7-6-12-25-11-5-4-10-20(17)25)21(28)16-27-22(29)18-8-2-3-9-19(18)23-24-27/h2-3,8-9,17,20H,4-7,10-16H2,1H3/t17-,20+/m0/s1. The van der Waals surface area contributed by atoms with Crippen molar-refractivity contribution in [1.82, 2.24) is 24.8 Å². The van der Waals surface area contributed by atoms with Gasteiger partial charge in [0.15, 0.2) is 0 Å². The molecule has 2 saturated heterocycles. The first kappa shape index (κ1) is 20.9. The average molecular weight is 414 g/mol. The number of nitrogens with zero attached hydrogens (tertiary/aromatic N) is 5. The van der Waals surface area contributed by atoms with E-state index in [1.807, 2.05) is 11.0 Å². The van der Waals surface area contributed by atoms with Gasteiger partial charge in [0.1, 0.15) is 12.1 Å². The molecule has 8 heteroatoms. The predicted octanol–water partition coefficient (Wildman–Crippen LogP) is 1.53. The number of hydrogen-bond donors (Lipinski definition) is 0. The van der Waals surface area contributed by atoms with Crippen LogP contribution in [-0.2, 0) is 16.1 Å². The van der Waals surface area contributed by atoms with E-state index in [2.05, 4.69) is 15.2 Å². The second-order valence-corrected chi connectivity index (χ2v) is 8.40. The molecule has 8 nitrogen and oxygen atoms in total. The number of rotatable bonds is 7. The predicted molar refractivity (Wildman–Crippen MR) is 114 cm³/mol. The van der Waals surface area contributed by atoms with Crippen molar-refractivity contribution in [2.45, 2.75) is 44.7 Å². The third-order valence-corrected chi connectivity index (χ3v) is 6.52. The SMILES string of the molecule is COCCN(C[C@@H]1CCCN2CCCC[C@H]12)C(=O)Cn1nnc2ccccc2c1=O. The van der Waals surface area contributed by atoms with E-state index >= 15 is 0 Å². The van der Waals surface area contributed by atoms with Gasteiger partial charge in [-0.15, -0.1) is 5.10 Å². The summed E-state index contributed by atoms with van der Waals surface area (Å²) in [5, 5.41) is 8.57. The van der Waals surface area contributed by atoms with Crippen molar-refractivity contribution in [3.63, 3.8) is 0 Å². The first-order valence-electron chi connectivity index (χ1n) is 11.0. The fourth-order valence-corrected chi connectivity index (χ4v) is 4.95. The summed E-state index contributed by atoms with van der Waals surface area (Å²) in [6.07, 6.45) is 6.09. The molecule has 2 atom stereocenters. The van der Waals surface area contributed by atoms with E-state index in [0.717, 1.165) is 6.42 Å². The molecular weight excluding hydrogens is 382 g/mol. The van der Waals surface area contributed by atoms with Crippen molar-refractivity contribution in [3.05, 3.63) is 34.6 Å². The van der Waals surface area contributed by atoms with Crippen LogP contribution in [0.4, 0.5) is 0 Å². The average Bonchev–Trinajstić information content (AvgIpc) is 2.78. The van der Waals surface area contributed by atoms with Crippen LogP contribution in [0, 0.1) is 5.92 Å². The number of methoxy groups -OCH3 is 1. The summed E-state index contributed by atoms with van der Waals surface area (Å²) in [6, 6.07) is 7.64. The summed E-state index contributed by atoms with van der Waals surface area (Å²) < 4.78 is 6.43. The zero-order valence-electron chi connectivity index (χ0n) is 17.7. The molecule has 0 radical (unpaired) electrons. The Balaban J connectivity index is 1.49. The zero-order valence-corrected chi connectivity index (χ0v) is 17.7. The lowest BCUT2D eigenvalue weighted by Gasteiger charge is -2.45. The number of carbonyl (C=O) groups is 1. The molecule has 0 aliphatic carbocycles. The minimum absolute atomic E-state index is 0.0958. The van der Waals surface area contributed by atoms with E-state index in [1.54, 1.807) is 25.3 Å². The maximum absolute atomic E-state index is 13.2. The molecule has 1 aromatic heterocycles. The number of aromatic nitrogens is 3. The van der Waals surface area contributed by atoms with Gasteiger partial charge in [0.2, 0.25) is 5.91 Å². The van der Waals surface area contributed by atoms with Gasteiger partial charge in [0, 0.05) is 26.2 Å². The lowest BCUT2D eigenvalue weighted by atomic mass is 9.83. The maximum Gasteiger partial charge on any atom is 0.278 e. The molecule has 0 saturated carbocycles. The third kappa shape index (κ3) is 4.54. The number of benzene rings is 1. The van der Waals surface area contributed by atoms with Gasteiger partial charge in [0.25, 0.3) is 5.56 Å². The molecule has 2 aromatic rings. The largest absolute Gasteiger partial charge is 0.383 e. The summed E-state index contributed by atoms with van der Waals surface area (Å²) in [7, 11) is 1.64. The van der Waals surface area contributed by atoms with Gasteiger partial charge in [-0.1, -0.05) is 23.8 Å². The Morgan fingerprint density at radius 3 is 2.90 bits per heavy atom. The number of piperidine rings is 2. The quantitative estimate of drug-likeness (QED) is 0.685. The van der Waals surface area contributed by atoms with Crippen molar-refractivity contribution in [1.29, 1.82) is 0 Å². The summed E-state index contributed by atoms with van der Waals surface area (Å²) in [4.78, 5) is 30.4. The van der Waals surface area contributed by atoms with E-state index in [1.165, 1.54) is 43.5 Å². The molecule has 0 unspecified atom stereocenters. The summed E-state index contributed by atoms with van der Waals surface area (Å²) in [6.45, 7) is 3.96. The van der Waals surface area contributed by atoms with E-state index in [-0.39, 0.29) is 18.0 Å². The van der Waals surface area contributed by atoms with Gasteiger partial charge in [-0.2, -0.15) is 0 Å². The van der Waals surface area contributed by atoms with Crippen molar-refractivity contribution in [2.24, 2.45) is 5.92 Å². The van der Waals surface area contributed by atoms with Crippen LogP contribution in [0.1, 0.15) is 32.1 Å². The number of carbonyl (C=O) groups excluding carboxylic acids is 1. The van der Waals surface area contributed by atoms with Crippen LogP contribution in [0.15, 0.2) is 29.1 Å². The molecule has 0 N–H and O–H groups in total. The van der Waals surface area contributed by atoms with Crippen LogP contribution in [0.2, 0.25) is 0 Å². The van der Waals surface area contributed by atoms with Crippen molar-refractivity contribution in [3.8, 4) is 0 Å². The Kier molecular flexibility index (Phi) is 6.74. The highest BCUT2D eigenvalue weighted by atomic mass is 16.5. The van der Waals surface area contributed by atoms with Crippen molar-refractivity contribution in [2.75, 3.05) is 39.9 Å². The Morgan fingerprint density at radius 2 is 2.03 bits per heavy atom. The second kappa shape index (κ2) is 9.66. The van der Waals surface area contributed by atoms with Crippen LogP contribution in [0.25, 0.3) is 10.9 Å². The van der Waals surface area contributed by atoms with Gasteiger partial charge >= 0.3 is 0 Å². The minimum atomic E-state index is -0.281. The highest BCUT2D eigenvalue weighted by molar-refractivity contribution is 5.78. The first-order chi connectivity index (χ1) is 14.7. The van der Waals surface area contributed by atoms with E-state index in [4.69, 9.17) is 4.74 Å². The molecule has 3 heterocycles. The van der Waals surface area contributed by atoms with Gasteiger partial charge in [-0.05, 0) is 56.8 Å². The Labute approximate surface area is 176 Å². The molecule has 1 aromatic carbocycles. The van der Waals surface area contributed by atoms with Gasteiger partial charge in [-0.25, -0.2) is 4.68 Å². The molecule has 2 aliphatic rings. The number of ether oxygens (including phenoxy) is 1. The Hall–Kier alpha value is -2.32. The summed E-state index contributed by atoms with van der Waals surface area (Å²) in [5.74, 6) is 0.367. The van der Waals surface area contributed by atoms with Gasteiger partial charge in [0.05, 0.1) is 12.0 Å². The molecule has 30 heavy (non-hydrogen) atoms. The second-order valence-electron chi connectivity index (χ2n) is 8.40. The van der Waals surface area contributed by atoms with Crippen molar-refractivity contribution < 1.29 is 9.53 Å². The fourth-order valence-electron chi connectivity index (χ4n) is 4.95. The molecular formula is C22H31N5O3. The molecule has 4 rings (SSSR count). The highest BCUT2D eigenvalue weighted by Gasteiger charge is 2.34. The monoisotopic (exact) mass is 413 g/mol. The first-order valence-corrected chi connectivity index (χ1v) is 11.0. The van der Waals surface area contributed by atoms with Gasteiger partial charge in [-0.3, -0.25) is 9.59 Å². The number of hydrogen-bond acceptors (Lipinski definition) is 6. The van der Waals surface area contributed by atoms with Crippen LogP contribution < -0.4 is 5.56 Å². The number of fused-ring (bicyclic) bond motifs is 2. The maximum atomic E-state index is 13.2. The normalized spacial score (nSPS) is 22.0. The molecule has 0 spiro atoms. The summed E-state index contributed by atoms with van der Waals surface area (Å²) >= 11 is 0. The zero-order chi connectivity index (χ0) is 20.9. The fraction of sp³-hybridized carbons (Fsp3) is 0.636. The van der Waals surface area contributed by atoms with E-state index < -0.39 is 0 Å². The highest BCUT2D eigenvalue weighted by Crippen LogP contribution is 2.31. The number of amides is 1. The van der Waals surface area contributed by atoms with Crippen LogP contribution in [0.5, 0.6) is 0 Å². The van der Waals surface area contributed by atoms with E-state index in [0.29, 0.717) is 42.6 Å². The molecule has 1 amide bonds. The Bertz CT molecular complexity index is 928. The molecule has 2 aliphatic heterocycles. The molecule has 0 bridgehead atoms. The summed E-state index contributed by atoms with van der Waals surface area (Å²) in [5.41, 5.74) is 0.263. The van der Waals surface area contributed by atoms with Crippen LogP contribution in [0.3, 0.4) is 0 Å². The third-order valence-electron chi connectivity index (χ3n) is 6.52. The lowest BCUT2D eigenvalue weighted by molar-refractivity contribution is -0.134. The van der Waals surface area contributed by atoms with Crippen LogP contribution in [-0.4, -0.2) is 76.6 Å². The lowest BCUT2D eigenvalue weighted by Crippen LogP contribution is -2.52. The van der Waals surface area contributed by atoms with Crippen LogP contribution >= 0.6 is 0 Å². The van der Waals surface area contributed by atoms with Crippen molar-refractivity contribution >= 4 is 16.8 Å². The Morgan fingerprint density at radius 1 is 1.20 bits per heavy atom. The van der Waals surface area contributed by atoms with Gasteiger partial charge < -0.3 is 14.5 Å². The van der Waals surface area contributed by atoms with E-state index in [9.17, 15) is 9.59 Å². The topological polar surface area (TPSA) is 80.6 Å². The molecule has 162 valence electrons. The molecule has 2 fully saturated rings. The minimum Gasteiger partial charge on any atom is -0.383 e.